The average Bonchev–Trinajstić information content (AvgIpc) is 2.11. The molecule has 0 heterocycles. The van der Waals surface area contributed by atoms with E-state index in [0.29, 0.717) is 0 Å². The van der Waals surface area contributed by atoms with Crippen molar-refractivity contribution in [2.75, 3.05) is 13.9 Å². The fourth-order valence-corrected chi connectivity index (χ4v) is 1.03. The van der Waals surface area contributed by atoms with Gasteiger partial charge in [-0.05, 0) is 12.3 Å². The number of ether oxygens (including phenoxy) is 2. The molecule has 0 aromatic rings. The van der Waals surface area contributed by atoms with E-state index in [1.54, 1.807) is 13.8 Å². The first-order valence-electron chi connectivity index (χ1n) is 4.52. The van der Waals surface area contributed by atoms with Gasteiger partial charge in [0, 0.05) is 7.11 Å². The number of carbonyl (C=O) groups is 1. The number of alkyl halides is 2. The summed E-state index contributed by atoms with van der Waals surface area (Å²) in [7, 11) is 1.27. The molecule has 0 radical (unpaired) electrons. The van der Waals surface area contributed by atoms with E-state index in [0.717, 1.165) is 0 Å². The second kappa shape index (κ2) is 5.97. The van der Waals surface area contributed by atoms with Crippen LogP contribution in [0, 0.1) is 5.92 Å². The predicted molar refractivity (Wildman–Crippen MR) is 46.2 cm³/mol. The molecule has 0 aromatic carbocycles. The SMILES string of the molecule is COCOC(CC(C)C)C(F)(F)C(=O)[O-]. The number of hydrogen-bond acceptors (Lipinski definition) is 4. The largest absolute Gasteiger partial charge is 0.544 e. The lowest BCUT2D eigenvalue weighted by Crippen LogP contribution is -2.51. The van der Waals surface area contributed by atoms with Crippen LogP contribution in [0.4, 0.5) is 8.78 Å². The second-order valence-electron chi connectivity index (χ2n) is 3.60. The molecular weight excluding hydrogens is 210 g/mol. The number of rotatable bonds is 7. The Kier molecular flexibility index (Phi) is 5.67. The number of hydrogen-bond donors (Lipinski definition) is 0. The Hall–Kier alpha value is -0.750. The summed E-state index contributed by atoms with van der Waals surface area (Å²) in [6.45, 7) is 3.00. The van der Waals surface area contributed by atoms with Crippen molar-refractivity contribution in [1.82, 2.24) is 0 Å². The summed E-state index contributed by atoms with van der Waals surface area (Å²) in [5, 5.41) is 10.2. The number of aliphatic carboxylic acids is 1. The summed E-state index contributed by atoms with van der Waals surface area (Å²) in [5.41, 5.74) is 0. The lowest BCUT2D eigenvalue weighted by atomic mass is 10.0. The van der Waals surface area contributed by atoms with E-state index in [1.165, 1.54) is 7.11 Å². The van der Waals surface area contributed by atoms with Crippen molar-refractivity contribution in [3.63, 3.8) is 0 Å². The van der Waals surface area contributed by atoms with Crippen LogP contribution in [0.15, 0.2) is 0 Å². The van der Waals surface area contributed by atoms with Crippen molar-refractivity contribution in [3.8, 4) is 0 Å². The van der Waals surface area contributed by atoms with Crippen LogP contribution in [0.3, 0.4) is 0 Å². The zero-order chi connectivity index (χ0) is 12.1. The second-order valence-corrected chi connectivity index (χ2v) is 3.60. The van der Waals surface area contributed by atoms with Gasteiger partial charge in [-0.2, -0.15) is 8.78 Å². The third-order valence-corrected chi connectivity index (χ3v) is 1.75. The number of carboxylic acid groups (broad SMARTS) is 1. The molecule has 0 amide bonds. The topological polar surface area (TPSA) is 58.6 Å². The van der Waals surface area contributed by atoms with Gasteiger partial charge in [-0.25, -0.2) is 0 Å². The van der Waals surface area contributed by atoms with Gasteiger partial charge in [-0.3, -0.25) is 0 Å². The maximum Gasteiger partial charge on any atom is 0.312 e. The Balaban J connectivity index is 4.52. The summed E-state index contributed by atoms with van der Waals surface area (Å²) in [5.74, 6) is -6.54. The lowest BCUT2D eigenvalue weighted by molar-refractivity contribution is -0.339. The van der Waals surface area contributed by atoms with Gasteiger partial charge in [0.25, 0.3) is 0 Å². The number of carbonyl (C=O) groups excluding carboxylic acids is 1. The molecular formula is C9H15F2O4-. The minimum atomic E-state index is -4.00. The van der Waals surface area contributed by atoms with Crippen LogP contribution in [0.25, 0.3) is 0 Å². The quantitative estimate of drug-likeness (QED) is 0.589. The molecule has 1 atom stereocenters. The van der Waals surface area contributed by atoms with Crippen molar-refractivity contribution in [2.24, 2.45) is 5.92 Å². The summed E-state index contributed by atoms with van der Waals surface area (Å²) in [4.78, 5) is 10.2. The van der Waals surface area contributed by atoms with Gasteiger partial charge in [0.15, 0.2) is 0 Å². The van der Waals surface area contributed by atoms with Gasteiger partial charge in [-0.15, -0.1) is 0 Å². The fourth-order valence-electron chi connectivity index (χ4n) is 1.03. The zero-order valence-corrected chi connectivity index (χ0v) is 8.96. The van der Waals surface area contributed by atoms with Gasteiger partial charge in [0.05, 0.1) is 0 Å². The summed E-state index contributed by atoms with van der Waals surface area (Å²) >= 11 is 0. The molecule has 0 aliphatic rings. The summed E-state index contributed by atoms with van der Waals surface area (Å²) < 4.78 is 35.2. The van der Waals surface area contributed by atoms with E-state index in [4.69, 9.17) is 0 Å². The third-order valence-electron chi connectivity index (χ3n) is 1.75. The molecule has 0 N–H and O–H groups in total. The smallest absolute Gasteiger partial charge is 0.312 e. The Morgan fingerprint density at radius 1 is 1.47 bits per heavy atom. The molecule has 0 spiro atoms. The van der Waals surface area contributed by atoms with E-state index in [2.05, 4.69) is 9.47 Å². The van der Waals surface area contributed by atoms with E-state index in [1.807, 2.05) is 0 Å². The lowest BCUT2D eigenvalue weighted by Gasteiger charge is -2.28. The Labute approximate surface area is 87.2 Å². The zero-order valence-electron chi connectivity index (χ0n) is 8.96. The highest BCUT2D eigenvalue weighted by Gasteiger charge is 2.42. The van der Waals surface area contributed by atoms with Crippen molar-refractivity contribution >= 4 is 5.97 Å². The summed E-state index contributed by atoms with van der Waals surface area (Å²) in [6.07, 6.45) is -1.80. The molecule has 0 aliphatic carbocycles. The van der Waals surface area contributed by atoms with Gasteiger partial charge < -0.3 is 19.4 Å². The van der Waals surface area contributed by atoms with Gasteiger partial charge >= 0.3 is 5.92 Å². The van der Waals surface area contributed by atoms with Crippen LogP contribution < -0.4 is 5.11 Å². The molecule has 0 aromatic heterocycles. The van der Waals surface area contributed by atoms with Crippen molar-refractivity contribution < 1.29 is 28.2 Å². The fraction of sp³-hybridized carbons (Fsp3) is 0.889. The van der Waals surface area contributed by atoms with Gasteiger partial charge in [-0.1, -0.05) is 13.8 Å². The van der Waals surface area contributed by atoms with E-state index < -0.39 is 18.0 Å². The molecule has 90 valence electrons. The van der Waals surface area contributed by atoms with Crippen LogP contribution in [0.1, 0.15) is 20.3 Å². The van der Waals surface area contributed by atoms with Crippen molar-refractivity contribution in [2.45, 2.75) is 32.3 Å². The minimum absolute atomic E-state index is 0.0790. The van der Waals surface area contributed by atoms with Crippen LogP contribution >= 0.6 is 0 Å². The van der Waals surface area contributed by atoms with Crippen LogP contribution in [-0.2, 0) is 14.3 Å². The normalized spacial score (nSPS) is 14.3. The average molecular weight is 225 g/mol. The maximum absolute atomic E-state index is 13.1. The first-order chi connectivity index (χ1) is 6.82. The van der Waals surface area contributed by atoms with Crippen LogP contribution in [0.2, 0.25) is 0 Å². The van der Waals surface area contributed by atoms with E-state index >= 15 is 0 Å². The number of halogens is 2. The Bertz CT molecular complexity index is 206. The first-order valence-corrected chi connectivity index (χ1v) is 4.52. The molecule has 0 saturated heterocycles. The molecule has 1 unspecified atom stereocenters. The standard InChI is InChI=1S/C9H16F2O4/c1-6(2)4-7(15-5-14-3)9(10,11)8(12)13/h6-7H,4-5H2,1-3H3,(H,12,13)/p-1. The van der Waals surface area contributed by atoms with Crippen LogP contribution in [0.5, 0.6) is 0 Å². The number of carboxylic acids is 1. The molecule has 0 rings (SSSR count). The minimum Gasteiger partial charge on any atom is -0.544 e. The molecule has 0 fully saturated rings. The predicted octanol–water partition coefficient (Wildman–Crippen LogP) is 0.407. The van der Waals surface area contributed by atoms with Crippen molar-refractivity contribution in [1.29, 1.82) is 0 Å². The van der Waals surface area contributed by atoms with Gasteiger partial charge in [0.2, 0.25) is 0 Å². The molecule has 0 saturated carbocycles. The molecule has 0 bridgehead atoms. The maximum atomic E-state index is 13.1. The van der Waals surface area contributed by atoms with Gasteiger partial charge in [0.1, 0.15) is 18.9 Å². The number of methoxy groups -OCH3 is 1. The highest BCUT2D eigenvalue weighted by Crippen LogP contribution is 2.26. The summed E-state index contributed by atoms with van der Waals surface area (Å²) in [6, 6.07) is 0. The molecule has 4 nitrogen and oxygen atoms in total. The Morgan fingerprint density at radius 2 is 2.00 bits per heavy atom. The highest BCUT2D eigenvalue weighted by atomic mass is 19.3. The molecule has 6 heteroatoms. The third kappa shape index (κ3) is 4.53. The highest BCUT2D eigenvalue weighted by molar-refractivity contribution is 5.73. The molecule has 15 heavy (non-hydrogen) atoms. The van der Waals surface area contributed by atoms with Crippen LogP contribution in [-0.4, -0.2) is 31.9 Å². The molecule has 0 aliphatic heterocycles. The van der Waals surface area contributed by atoms with Crippen molar-refractivity contribution in [3.05, 3.63) is 0 Å². The Morgan fingerprint density at radius 3 is 2.33 bits per heavy atom. The first kappa shape index (κ1) is 14.2. The monoisotopic (exact) mass is 225 g/mol. The van der Waals surface area contributed by atoms with E-state index in [9.17, 15) is 18.7 Å². The van der Waals surface area contributed by atoms with E-state index in [-0.39, 0.29) is 19.1 Å².